The van der Waals surface area contributed by atoms with Crippen molar-refractivity contribution in [2.24, 2.45) is 0 Å². The molecule has 0 aliphatic carbocycles. The highest BCUT2D eigenvalue weighted by molar-refractivity contribution is 7.72. The van der Waals surface area contributed by atoms with Gasteiger partial charge in [0.05, 0.1) is 23.7 Å². The van der Waals surface area contributed by atoms with Gasteiger partial charge in [-0.1, -0.05) is 0 Å². The Morgan fingerprint density at radius 3 is 2.43 bits per heavy atom. The zero-order chi connectivity index (χ0) is 10.9. The summed E-state index contributed by atoms with van der Waals surface area (Å²) in [4.78, 5) is 0. The van der Waals surface area contributed by atoms with Crippen molar-refractivity contribution in [1.29, 1.82) is 0 Å². The van der Waals surface area contributed by atoms with Crippen molar-refractivity contribution in [1.82, 2.24) is 0 Å². The molecule has 84 valence electrons. The zero-order valence-electron chi connectivity index (χ0n) is 9.11. The molecule has 0 radical (unpaired) electrons. The molecule has 0 aromatic carbocycles. The topological polar surface area (TPSA) is 29.5 Å². The summed E-state index contributed by atoms with van der Waals surface area (Å²) in [5, 5.41) is 9.50. The fourth-order valence-electron chi connectivity index (χ4n) is 1.63. The quantitative estimate of drug-likeness (QED) is 0.601. The van der Waals surface area contributed by atoms with Crippen molar-refractivity contribution < 1.29 is 9.84 Å². The lowest BCUT2D eigenvalue weighted by Gasteiger charge is -2.18. The van der Waals surface area contributed by atoms with Crippen molar-refractivity contribution in [3.05, 3.63) is 0 Å². The first-order valence-corrected chi connectivity index (χ1v) is 8.45. The van der Waals surface area contributed by atoms with Crippen LogP contribution in [0.4, 0.5) is 0 Å². The van der Waals surface area contributed by atoms with E-state index in [0.717, 1.165) is 12.6 Å². The normalized spacial score (nSPS) is 38.9. The van der Waals surface area contributed by atoms with Crippen LogP contribution in [0.2, 0.25) is 0 Å². The van der Waals surface area contributed by atoms with Crippen LogP contribution in [0.3, 0.4) is 0 Å². The molecule has 1 heterocycles. The van der Waals surface area contributed by atoms with Crippen molar-refractivity contribution in [2.45, 2.75) is 37.0 Å². The summed E-state index contributed by atoms with van der Waals surface area (Å²) in [6, 6.07) is 0. The van der Waals surface area contributed by atoms with Gasteiger partial charge in [-0.15, -0.1) is 24.8 Å². The summed E-state index contributed by atoms with van der Waals surface area (Å²) in [7, 11) is 0. The Labute approximate surface area is 91.6 Å². The van der Waals surface area contributed by atoms with E-state index < -0.39 is 13.0 Å². The van der Waals surface area contributed by atoms with Crippen molar-refractivity contribution >= 4 is 24.8 Å². The summed E-state index contributed by atoms with van der Waals surface area (Å²) < 4.78 is 5.59. The standard InChI is InChI=1S/C10H20ClO2P/c1-7-9(11)10(12)8(13-7)5-6-14(2,3)4/h7-10,12H,2,5-6H2,1,3-4H3/t7-,8?,9?,10+/m0/s1. The second-order valence-electron chi connectivity index (χ2n) is 4.76. The van der Waals surface area contributed by atoms with E-state index in [4.69, 9.17) is 16.3 Å². The Balaban J connectivity index is 2.44. The van der Waals surface area contributed by atoms with Gasteiger partial charge in [-0.25, -0.2) is 0 Å². The van der Waals surface area contributed by atoms with Crippen LogP contribution in [0.1, 0.15) is 13.3 Å². The highest BCUT2D eigenvalue weighted by Crippen LogP contribution is 2.38. The van der Waals surface area contributed by atoms with Crippen LogP contribution in [-0.2, 0) is 4.74 Å². The van der Waals surface area contributed by atoms with Gasteiger partial charge < -0.3 is 9.84 Å². The van der Waals surface area contributed by atoms with E-state index >= 15 is 0 Å². The molecule has 0 aromatic heterocycles. The average Bonchev–Trinajstić information content (AvgIpc) is 2.28. The van der Waals surface area contributed by atoms with E-state index in [1.807, 2.05) is 6.92 Å². The third-order valence-corrected chi connectivity index (χ3v) is 4.65. The fourth-order valence-corrected chi connectivity index (χ4v) is 2.80. The first-order chi connectivity index (χ1) is 6.31. The largest absolute Gasteiger partial charge is 0.389 e. The van der Waals surface area contributed by atoms with Crippen molar-refractivity contribution in [2.75, 3.05) is 19.5 Å². The lowest BCUT2D eigenvalue weighted by molar-refractivity contribution is 0.0150. The highest BCUT2D eigenvalue weighted by atomic mass is 35.5. The number of rotatable bonds is 3. The molecule has 0 saturated carbocycles. The number of hydrogen-bond donors (Lipinski definition) is 1. The summed E-state index contributed by atoms with van der Waals surface area (Å²) in [6.07, 6.45) is 5.41. The monoisotopic (exact) mass is 238 g/mol. The maximum atomic E-state index is 9.76. The average molecular weight is 239 g/mol. The van der Waals surface area contributed by atoms with Gasteiger partial charge in [-0.3, -0.25) is 0 Å². The second-order valence-corrected chi connectivity index (χ2v) is 9.59. The molecule has 0 bridgehead atoms. The predicted octanol–water partition coefficient (Wildman–Crippen LogP) is 1.84. The molecule has 1 rings (SSSR count). The van der Waals surface area contributed by atoms with E-state index in [2.05, 4.69) is 19.6 Å². The van der Waals surface area contributed by atoms with Gasteiger partial charge >= 0.3 is 0 Å². The number of aliphatic hydroxyl groups excluding tert-OH is 1. The minimum absolute atomic E-state index is 0.0390. The Hall–Kier alpha value is 0.510. The minimum Gasteiger partial charge on any atom is -0.389 e. The maximum Gasteiger partial charge on any atom is 0.0990 e. The molecule has 0 spiro atoms. The number of ether oxygens (including phenoxy) is 1. The third kappa shape index (κ3) is 3.27. The first kappa shape index (κ1) is 12.6. The lowest BCUT2D eigenvalue weighted by Crippen LogP contribution is -2.28. The molecule has 2 nitrogen and oxygen atoms in total. The van der Waals surface area contributed by atoms with Gasteiger partial charge in [0.25, 0.3) is 0 Å². The first-order valence-electron chi connectivity index (χ1n) is 4.96. The molecule has 2 unspecified atom stereocenters. The minimum atomic E-state index is -1.02. The summed E-state index contributed by atoms with van der Waals surface area (Å²) in [6.45, 7) is 5.27. The molecule has 1 fully saturated rings. The summed E-state index contributed by atoms with van der Waals surface area (Å²) >= 11 is 5.98. The number of aliphatic hydroxyl groups is 1. The molecule has 1 saturated heterocycles. The molecule has 1 aliphatic rings. The van der Waals surface area contributed by atoms with Gasteiger partial charge in [0, 0.05) is 0 Å². The van der Waals surface area contributed by atoms with Crippen LogP contribution in [0.15, 0.2) is 0 Å². The maximum absolute atomic E-state index is 9.76. The van der Waals surface area contributed by atoms with Gasteiger partial charge in [0.1, 0.15) is 0 Å². The Morgan fingerprint density at radius 2 is 2.07 bits per heavy atom. The second kappa shape index (κ2) is 4.57. The predicted molar refractivity (Wildman–Crippen MR) is 65.4 cm³/mol. The zero-order valence-corrected chi connectivity index (χ0v) is 10.8. The highest BCUT2D eigenvalue weighted by Gasteiger charge is 2.39. The van der Waals surface area contributed by atoms with Crippen molar-refractivity contribution in [3.8, 4) is 0 Å². The van der Waals surface area contributed by atoms with E-state index in [9.17, 15) is 5.11 Å². The molecule has 4 atom stereocenters. The van der Waals surface area contributed by atoms with E-state index in [1.165, 1.54) is 0 Å². The van der Waals surface area contributed by atoms with Crippen LogP contribution in [0, 0.1) is 0 Å². The summed E-state index contributed by atoms with van der Waals surface area (Å²) in [5.74, 6) is 0. The lowest BCUT2D eigenvalue weighted by atomic mass is 10.1. The molecule has 0 amide bonds. The van der Waals surface area contributed by atoms with Crippen molar-refractivity contribution in [3.63, 3.8) is 0 Å². The van der Waals surface area contributed by atoms with E-state index in [1.54, 1.807) is 0 Å². The van der Waals surface area contributed by atoms with Crippen LogP contribution in [0.5, 0.6) is 0 Å². The molecule has 0 aromatic rings. The SMILES string of the molecule is C=P(C)(C)CCC1O[C@@H](C)C(Cl)[C@@H]1O. The molecule has 1 aliphatic heterocycles. The Morgan fingerprint density at radius 1 is 1.50 bits per heavy atom. The Kier molecular flexibility index (Phi) is 4.11. The van der Waals surface area contributed by atoms with Crippen LogP contribution >= 0.6 is 18.5 Å². The number of hydrogen-bond acceptors (Lipinski definition) is 2. The number of alkyl halides is 1. The smallest absolute Gasteiger partial charge is 0.0990 e. The molecular weight excluding hydrogens is 219 g/mol. The molecule has 1 N–H and O–H groups in total. The van der Waals surface area contributed by atoms with Gasteiger partial charge in [-0.05, 0) is 32.8 Å². The van der Waals surface area contributed by atoms with Gasteiger partial charge in [-0.2, -0.15) is 0 Å². The van der Waals surface area contributed by atoms with Crippen LogP contribution in [-0.4, -0.2) is 54.6 Å². The van der Waals surface area contributed by atoms with Crippen LogP contribution in [0.25, 0.3) is 0 Å². The molecule has 14 heavy (non-hydrogen) atoms. The van der Waals surface area contributed by atoms with E-state index in [-0.39, 0.29) is 17.6 Å². The fraction of sp³-hybridized carbons (Fsp3) is 0.900. The van der Waals surface area contributed by atoms with E-state index in [0.29, 0.717) is 0 Å². The summed E-state index contributed by atoms with van der Waals surface area (Å²) in [5.41, 5.74) is 0. The Bertz CT molecular complexity index is 238. The molecular formula is C10H20ClO2P. The number of halogens is 1. The molecule has 4 heteroatoms. The third-order valence-electron chi connectivity index (χ3n) is 2.56. The van der Waals surface area contributed by atoms with Gasteiger partial charge in [0.2, 0.25) is 0 Å². The van der Waals surface area contributed by atoms with Gasteiger partial charge in [0.15, 0.2) is 0 Å². The van der Waals surface area contributed by atoms with Crippen LogP contribution < -0.4 is 0 Å².